The van der Waals surface area contributed by atoms with Crippen LogP contribution in [0.15, 0.2) is 59.7 Å². The number of pyridine rings is 1. The first-order chi connectivity index (χ1) is 13.7. The van der Waals surface area contributed by atoms with Crippen LogP contribution in [0, 0.1) is 5.82 Å². The normalized spacial score (nSPS) is 14.7. The number of hydrogen-bond acceptors (Lipinski definition) is 4. The van der Waals surface area contributed by atoms with Gasteiger partial charge in [0.1, 0.15) is 11.6 Å². The van der Waals surface area contributed by atoms with E-state index in [9.17, 15) is 9.18 Å². The first-order valence-electron chi connectivity index (χ1n) is 9.65. The monoisotopic (exact) mass is 414 g/mol. The van der Waals surface area contributed by atoms with Crippen LogP contribution in [0.4, 0.5) is 4.39 Å². The maximum atomic E-state index is 13.4. The van der Waals surface area contributed by atoms with Crippen molar-refractivity contribution in [2.75, 3.05) is 0 Å². The lowest BCUT2D eigenvalue weighted by Crippen LogP contribution is -2.25. The fraction of sp³-hybridized carbons (Fsp3) is 0.318. The van der Waals surface area contributed by atoms with E-state index in [4.69, 9.17) is 4.98 Å². The number of benzene rings is 1. The fourth-order valence-electron chi connectivity index (χ4n) is 3.46. The second kappa shape index (κ2) is 9.76. The molecule has 7 heteroatoms. The first kappa shape index (κ1) is 21.1. The molecule has 152 valence electrons. The average molecular weight is 415 g/mol. The predicted octanol–water partition coefficient (Wildman–Crippen LogP) is 4.07. The quantitative estimate of drug-likeness (QED) is 0.611. The Hall–Kier alpha value is -2.57. The fourth-order valence-corrected chi connectivity index (χ4v) is 3.46. The summed E-state index contributed by atoms with van der Waals surface area (Å²) in [5.41, 5.74) is 2.71. The van der Waals surface area contributed by atoms with E-state index in [1.54, 1.807) is 30.6 Å². The zero-order chi connectivity index (χ0) is 19.3. The van der Waals surface area contributed by atoms with Gasteiger partial charge in [-0.05, 0) is 48.2 Å². The molecule has 1 aromatic carbocycles. The Morgan fingerprint density at radius 3 is 2.52 bits per heavy atom. The van der Waals surface area contributed by atoms with Gasteiger partial charge in [0.2, 0.25) is 0 Å². The van der Waals surface area contributed by atoms with Crippen molar-refractivity contribution in [3.05, 3.63) is 93.7 Å². The molecule has 1 aliphatic carbocycles. The van der Waals surface area contributed by atoms with E-state index >= 15 is 0 Å². The van der Waals surface area contributed by atoms with Crippen molar-refractivity contribution in [2.24, 2.45) is 0 Å². The van der Waals surface area contributed by atoms with E-state index in [2.05, 4.69) is 15.3 Å². The molecule has 4 rings (SSSR count). The largest absolute Gasteiger partial charge is 0.310 e. The van der Waals surface area contributed by atoms with Gasteiger partial charge in [0.05, 0.1) is 0 Å². The summed E-state index contributed by atoms with van der Waals surface area (Å²) in [4.78, 5) is 23.8. The van der Waals surface area contributed by atoms with Crippen LogP contribution in [0.2, 0.25) is 0 Å². The second-order valence-corrected chi connectivity index (χ2v) is 7.29. The van der Waals surface area contributed by atoms with Gasteiger partial charge in [-0.3, -0.25) is 9.78 Å². The van der Waals surface area contributed by atoms with Crippen LogP contribution in [-0.2, 0) is 13.0 Å². The molecule has 1 saturated carbocycles. The lowest BCUT2D eigenvalue weighted by atomic mass is 9.85. The highest BCUT2D eigenvalue weighted by Crippen LogP contribution is 2.34. The molecule has 0 aliphatic heterocycles. The van der Waals surface area contributed by atoms with E-state index in [0.717, 1.165) is 35.5 Å². The first-order valence-corrected chi connectivity index (χ1v) is 9.65. The smallest absolute Gasteiger partial charge is 0.251 e. The van der Waals surface area contributed by atoms with Crippen LogP contribution in [-0.4, -0.2) is 15.0 Å². The Morgan fingerprint density at radius 1 is 1.14 bits per heavy atom. The Labute approximate surface area is 175 Å². The Balaban J connectivity index is 0.00000240. The number of nitrogens with zero attached hydrogens (tertiary/aromatic N) is 2. The molecular formula is C22H24ClFN4O. The number of aromatic nitrogens is 3. The summed E-state index contributed by atoms with van der Waals surface area (Å²) >= 11 is 0. The molecule has 29 heavy (non-hydrogen) atoms. The van der Waals surface area contributed by atoms with E-state index < -0.39 is 0 Å². The van der Waals surface area contributed by atoms with Crippen LogP contribution in [0.1, 0.15) is 53.9 Å². The molecule has 0 spiro atoms. The van der Waals surface area contributed by atoms with E-state index in [1.807, 2.05) is 12.1 Å². The number of aromatic amines is 1. The summed E-state index contributed by atoms with van der Waals surface area (Å²) in [7, 11) is 0. The van der Waals surface area contributed by atoms with Crippen molar-refractivity contribution in [1.82, 2.24) is 20.3 Å². The van der Waals surface area contributed by atoms with Gasteiger partial charge >= 0.3 is 0 Å². The third-order valence-electron chi connectivity index (χ3n) is 5.29. The van der Waals surface area contributed by atoms with Gasteiger partial charge in [-0.2, -0.15) is 0 Å². The molecule has 3 aromatic rings. The molecule has 5 nitrogen and oxygen atoms in total. The maximum Gasteiger partial charge on any atom is 0.251 e. The number of rotatable bonds is 7. The summed E-state index contributed by atoms with van der Waals surface area (Å²) in [5.74, 6) is 0.889. The molecule has 2 aromatic heterocycles. The zero-order valence-electron chi connectivity index (χ0n) is 16.0. The highest BCUT2D eigenvalue weighted by molar-refractivity contribution is 5.85. The molecular weight excluding hydrogens is 391 g/mol. The van der Waals surface area contributed by atoms with E-state index in [1.165, 1.54) is 18.6 Å². The molecule has 0 radical (unpaired) electrons. The van der Waals surface area contributed by atoms with Gasteiger partial charge in [-0.1, -0.05) is 18.6 Å². The number of H-pyrrole nitrogens is 1. The third kappa shape index (κ3) is 5.49. The second-order valence-electron chi connectivity index (χ2n) is 7.29. The van der Waals surface area contributed by atoms with Crippen molar-refractivity contribution in [2.45, 2.75) is 44.2 Å². The number of nitrogens with one attached hydrogen (secondary N) is 2. The van der Waals surface area contributed by atoms with Crippen LogP contribution in [0.5, 0.6) is 0 Å². The van der Waals surface area contributed by atoms with E-state index in [-0.39, 0.29) is 29.8 Å². The molecule has 2 heterocycles. The van der Waals surface area contributed by atoms with Crippen LogP contribution < -0.4 is 10.9 Å². The molecule has 1 fully saturated rings. The summed E-state index contributed by atoms with van der Waals surface area (Å²) in [6.07, 6.45) is 7.41. The molecule has 0 bridgehead atoms. The standard InChI is InChI=1S/C22H23FN4O.ClH/c23-18-6-4-16(5-7-18)20(25-14-15-8-10-24-11-9-15)12-19-13-21(28)27-22(26-19)17-2-1-3-17;/h4-11,13,17,20,25H,1-3,12,14H2,(H,26,27,28);1H. The lowest BCUT2D eigenvalue weighted by molar-refractivity contribution is 0.398. The molecule has 2 N–H and O–H groups in total. The maximum absolute atomic E-state index is 13.4. The summed E-state index contributed by atoms with van der Waals surface area (Å²) in [6.45, 7) is 0.642. The predicted molar refractivity (Wildman–Crippen MR) is 113 cm³/mol. The molecule has 1 aliphatic rings. The van der Waals surface area contributed by atoms with Crippen LogP contribution in [0.25, 0.3) is 0 Å². The van der Waals surface area contributed by atoms with Gasteiger partial charge in [0.25, 0.3) is 5.56 Å². The van der Waals surface area contributed by atoms with Crippen molar-refractivity contribution in [3.8, 4) is 0 Å². The van der Waals surface area contributed by atoms with Gasteiger partial charge in [0, 0.05) is 49.1 Å². The van der Waals surface area contributed by atoms with Gasteiger partial charge in [-0.25, -0.2) is 9.37 Å². The SMILES string of the molecule is Cl.O=c1cc(CC(NCc2ccncc2)c2ccc(F)cc2)nc(C2CCC2)[nH]1. The molecule has 0 saturated heterocycles. The molecule has 1 atom stereocenters. The highest BCUT2D eigenvalue weighted by atomic mass is 35.5. The van der Waals surface area contributed by atoms with Gasteiger partial charge in [-0.15, -0.1) is 12.4 Å². The minimum atomic E-state index is -0.266. The lowest BCUT2D eigenvalue weighted by Gasteiger charge is -2.25. The van der Waals surface area contributed by atoms with Gasteiger partial charge in [0.15, 0.2) is 0 Å². The Kier molecular flexibility index (Phi) is 7.12. The Morgan fingerprint density at radius 2 is 1.86 bits per heavy atom. The zero-order valence-corrected chi connectivity index (χ0v) is 16.8. The topological polar surface area (TPSA) is 70.7 Å². The van der Waals surface area contributed by atoms with Crippen LogP contribution in [0.3, 0.4) is 0 Å². The summed E-state index contributed by atoms with van der Waals surface area (Å²) < 4.78 is 13.4. The summed E-state index contributed by atoms with van der Waals surface area (Å²) in [6, 6.07) is 11.9. The van der Waals surface area contributed by atoms with Crippen molar-refractivity contribution < 1.29 is 4.39 Å². The minimum Gasteiger partial charge on any atom is -0.310 e. The van der Waals surface area contributed by atoms with Gasteiger partial charge < -0.3 is 10.3 Å². The third-order valence-corrected chi connectivity index (χ3v) is 5.29. The van der Waals surface area contributed by atoms with E-state index in [0.29, 0.717) is 18.9 Å². The number of hydrogen-bond donors (Lipinski definition) is 2. The number of halogens is 2. The minimum absolute atomic E-state index is 0. The van der Waals surface area contributed by atoms with Crippen molar-refractivity contribution in [1.29, 1.82) is 0 Å². The summed E-state index contributed by atoms with van der Waals surface area (Å²) in [5, 5.41) is 3.51. The average Bonchev–Trinajstić information content (AvgIpc) is 2.65. The van der Waals surface area contributed by atoms with Crippen molar-refractivity contribution >= 4 is 12.4 Å². The Bertz CT molecular complexity index is 974. The van der Waals surface area contributed by atoms with Crippen LogP contribution >= 0.6 is 12.4 Å². The molecule has 1 unspecified atom stereocenters. The van der Waals surface area contributed by atoms with Crippen molar-refractivity contribution in [3.63, 3.8) is 0 Å². The molecule has 0 amide bonds. The highest BCUT2D eigenvalue weighted by Gasteiger charge is 2.23.